The molecule has 21 heavy (non-hydrogen) atoms. The van der Waals surface area contributed by atoms with Crippen LogP contribution in [0.3, 0.4) is 0 Å². The van der Waals surface area contributed by atoms with E-state index in [0.29, 0.717) is 25.4 Å². The lowest BCUT2D eigenvalue weighted by molar-refractivity contribution is -0.142. The predicted molar refractivity (Wildman–Crippen MR) is 80.0 cm³/mol. The minimum Gasteiger partial charge on any atom is -0.480 e. The maximum Gasteiger partial charge on any atom is 0.322 e. The van der Waals surface area contributed by atoms with E-state index in [4.69, 9.17) is 0 Å². The van der Waals surface area contributed by atoms with Gasteiger partial charge in [0.05, 0.1) is 0 Å². The molecule has 4 atom stereocenters. The normalized spacial score (nSPS) is 36.5. The summed E-state index contributed by atoms with van der Waals surface area (Å²) >= 11 is 0. The fourth-order valence-corrected chi connectivity index (χ4v) is 5.75. The second-order valence-corrected chi connectivity index (χ2v) is 8.43. The molecule has 2 rings (SSSR count). The third-order valence-corrected chi connectivity index (χ3v) is 6.98. The van der Waals surface area contributed by atoms with E-state index >= 15 is 0 Å². The third kappa shape index (κ3) is 3.24. The van der Waals surface area contributed by atoms with Gasteiger partial charge in [-0.15, -0.1) is 0 Å². The van der Waals surface area contributed by atoms with E-state index in [1.54, 1.807) is 0 Å². The first-order valence-electron chi connectivity index (χ1n) is 7.76. The molecule has 0 aliphatic carbocycles. The molecule has 0 aromatic heterocycles. The number of carboxylic acids is 1. The van der Waals surface area contributed by atoms with Crippen LogP contribution in [0.1, 0.15) is 46.5 Å². The lowest BCUT2D eigenvalue weighted by Gasteiger charge is -2.44. The zero-order valence-electron chi connectivity index (χ0n) is 13.0. The van der Waals surface area contributed by atoms with Crippen molar-refractivity contribution in [1.82, 2.24) is 8.61 Å². The number of aliphatic carboxylic acids is 1. The highest BCUT2D eigenvalue weighted by molar-refractivity contribution is 7.86. The highest BCUT2D eigenvalue weighted by Gasteiger charge is 2.44. The lowest BCUT2D eigenvalue weighted by Crippen LogP contribution is -2.58. The molecule has 122 valence electrons. The van der Waals surface area contributed by atoms with Crippen LogP contribution in [0, 0.1) is 11.8 Å². The van der Waals surface area contributed by atoms with E-state index in [1.165, 1.54) is 8.61 Å². The number of nitrogens with zero attached hydrogens (tertiary/aromatic N) is 2. The Hall–Kier alpha value is -0.660. The van der Waals surface area contributed by atoms with Crippen molar-refractivity contribution < 1.29 is 18.3 Å². The van der Waals surface area contributed by atoms with Gasteiger partial charge in [0.1, 0.15) is 6.04 Å². The summed E-state index contributed by atoms with van der Waals surface area (Å²) in [4.78, 5) is 11.4. The molecular formula is C14H26N2O4S. The van der Waals surface area contributed by atoms with E-state index in [0.717, 1.165) is 19.3 Å². The van der Waals surface area contributed by atoms with Gasteiger partial charge in [-0.2, -0.15) is 17.0 Å². The summed E-state index contributed by atoms with van der Waals surface area (Å²) in [6, 6.07) is -0.994. The van der Waals surface area contributed by atoms with Gasteiger partial charge >= 0.3 is 5.97 Å². The molecular weight excluding hydrogens is 292 g/mol. The van der Waals surface area contributed by atoms with Crippen LogP contribution in [0.5, 0.6) is 0 Å². The quantitative estimate of drug-likeness (QED) is 0.856. The van der Waals surface area contributed by atoms with Gasteiger partial charge in [0, 0.05) is 19.1 Å². The molecule has 0 aromatic carbocycles. The zero-order chi connectivity index (χ0) is 15.8. The standard InChI is InChI=1S/C14H26N2O4S/c1-10-8-11(2)12(3)16(9-10)21(19,20)15-7-5-4-6-13(15)14(17)18/h10-13H,4-9H2,1-3H3,(H,17,18). The first-order valence-corrected chi connectivity index (χ1v) is 9.16. The number of carboxylic acid groups (broad SMARTS) is 1. The average Bonchev–Trinajstić information content (AvgIpc) is 2.42. The second kappa shape index (κ2) is 6.22. The minimum absolute atomic E-state index is 0.0810. The lowest BCUT2D eigenvalue weighted by atomic mass is 9.88. The van der Waals surface area contributed by atoms with Crippen molar-refractivity contribution in [2.24, 2.45) is 11.8 Å². The van der Waals surface area contributed by atoms with E-state index in [1.807, 2.05) is 6.92 Å². The largest absolute Gasteiger partial charge is 0.480 e. The molecule has 0 spiro atoms. The summed E-state index contributed by atoms with van der Waals surface area (Å²) < 4.78 is 28.6. The molecule has 4 unspecified atom stereocenters. The number of hydrogen-bond donors (Lipinski definition) is 1. The Bertz CT molecular complexity index is 493. The minimum atomic E-state index is -3.71. The van der Waals surface area contributed by atoms with Gasteiger partial charge in [-0.25, -0.2) is 0 Å². The van der Waals surface area contributed by atoms with Crippen LogP contribution in [0.15, 0.2) is 0 Å². The first kappa shape index (κ1) is 16.7. The summed E-state index contributed by atoms with van der Waals surface area (Å²) in [5, 5.41) is 9.32. The summed E-state index contributed by atoms with van der Waals surface area (Å²) in [5.41, 5.74) is 0. The third-order valence-electron chi connectivity index (χ3n) is 4.87. The molecule has 0 aromatic rings. The molecule has 2 fully saturated rings. The molecule has 0 amide bonds. The SMILES string of the molecule is CC1CC(C)C(C)N(S(=O)(=O)N2CCCCC2C(=O)O)C1. The predicted octanol–water partition coefficient (Wildman–Crippen LogP) is 1.54. The highest BCUT2D eigenvalue weighted by atomic mass is 32.2. The van der Waals surface area contributed by atoms with Gasteiger partial charge in [-0.05, 0) is 44.4 Å². The van der Waals surface area contributed by atoms with Crippen LogP contribution in [0.25, 0.3) is 0 Å². The first-order chi connectivity index (χ1) is 9.75. The molecule has 1 N–H and O–H groups in total. The summed E-state index contributed by atoms with van der Waals surface area (Å²) in [7, 11) is -3.71. The molecule has 6 nitrogen and oxygen atoms in total. The van der Waals surface area contributed by atoms with Gasteiger partial charge < -0.3 is 5.11 Å². The molecule has 7 heteroatoms. The Kier molecular flexibility index (Phi) is 4.95. The maximum atomic E-state index is 12.9. The van der Waals surface area contributed by atoms with Gasteiger partial charge in [0.15, 0.2) is 0 Å². The van der Waals surface area contributed by atoms with Crippen LogP contribution < -0.4 is 0 Å². The monoisotopic (exact) mass is 318 g/mol. The summed E-state index contributed by atoms with van der Waals surface area (Å²) in [5.74, 6) is -0.445. The Balaban J connectivity index is 2.28. The number of carbonyl (C=O) groups is 1. The Morgan fingerprint density at radius 2 is 1.81 bits per heavy atom. The van der Waals surface area contributed by atoms with Crippen LogP contribution in [0.2, 0.25) is 0 Å². The molecule has 0 saturated carbocycles. The number of rotatable bonds is 3. The Morgan fingerprint density at radius 1 is 1.14 bits per heavy atom. The topological polar surface area (TPSA) is 77.9 Å². The second-order valence-electron chi connectivity index (χ2n) is 6.60. The van der Waals surface area contributed by atoms with E-state index < -0.39 is 22.2 Å². The van der Waals surface area contributed by atoms with Crippen molar-refractivity contribution in [2.45, 2.75) is 58.5 Å². The highest BCUT2D eigenvalue weighted by Crippen LogP contribution is 2.32. The Morgan fingerprint density at radius 3 is 2.43 bits per heavy atom. The fraction of sp³-hybridized carbons (Fsp3) is 0.929. The molecule has 0 bridgehead atoms. The van der Waals surface area contributed by atoms with Crippen molar-refractivity contribution in [3.63, 3.8) is 0 Å². The van der Waals surface area contributed by atoms with Gasteiger partial charge in [-0.3, -0.25) is 4.79 Å². The van der Waals surface area contributed by atoms with Crippen molar-refractivity contribution >= 4 is 16.2 Å². The van der Waals surface area contributed by atoms with Gasteiger partial charge in [0.2, 0.25) is 0 Å². The van der Waals surface area contributed by atoms with Crippen LogP contribution >= 0.6 is 0 Å². The van der Waals surface area contributed by atoms with Crippen LogP contribution in [0.4, 0.5) is 0 Å². The van der Waals surface area contributed by atoms with E-state index in [-0.39, 0.29) is 12.0 Å². The van der Waals surface area contributed by atoms with Crippen molar-refractivity contribution in [3.05, 3.63) is 0 Å². The molecule has 0 radical (unpaired) electrons. The fourth-order valence-electron chi connectivity index (χ4n) is 3.53. The number of hydrogen-bond acceptors (Lipinski definition) is 3. The van der Waals surface area contributed by atoms with Crippen molar-refractivity contribution in [3.8, 4) is 0 Å². The molecule has 2 saturated heterocycles. The van der Waals surface area contributed by atoms with E-state index in [2.05, 4.69) is 13.8 Å². The molecule has 2 aliphatic rings. The smallest absolute Gasteiger partial charge is 0.322 e. The van der Waals surface area contributed by atoms with Crippen LogP contribution in [-0.2, 0) is 15.0 Å². The van der Waals surface area contributed by atoms with Crippen molar-refractivity contribution in [1.29, 1.82) is 0 Å². The molecule has 2 heterocycles. The number of piperidine rings is 2. The van der Waals surface area contributed by atoms with Crippen LogP contribution in [-0.4, -0.2) is 53.3 Å². The molecule has 2 aliphatic heterocycles. The van der Waals surface area contributed by atoms with Crippen molar-refractivity contribution in [2.75, 3.05) is 13.1 Å². The Labute approximate surface area is 127 Å². The average molecular weight is 318 g/mol. The van der Waals surface area contributed by atoms with E-state index in [9.17, 15) is 18.3 Å². The van der Waals surface area contributed by atoms with Gasteiger partial charge in [0.25, 0.3) is 10.2 Å². The maximum absolute atomic E-state index is 12.9. The summed E-state index contributed by atoms with van der Waals surface area (Å²) in [6.45, 7) is 6.83. The zero-order valence-corrected chi connectivity index (χ0v) is 13.8. The van der Waals surface area contributed by atoms with Gasteiger partial charge in [-0.1, -0.05) is 13.8 Å². The summed E-state index contributed by atoms with van der Waals surface area (Å²) in [6.07, 6.45) is 2.92.